The molecule has 1 heterocycles. The van der Waals surface area contributed by atoms with E-state index in [1.807, 2.05) is 12.1 Å². The SMILES string of the molecule is COC(=O)[C@@H](c1ccccc1OC)[C@]1(CCO[Si](C)(C)C(C)(C)C)C(=O)N(C)c2c(Cl)cc(Cl)cc21. The molecule has 196 valence electrons. The average molecular weight is 553 g/mol. The number of ether oxygens (including phenoxy) is 2. The number of rotatable bonds is 8. The van der Waals surface area contributed by atoms with Crippen molar-refractivity contribution in [1.82, 2.24) is 0 Å². The molecular weight excluding hydrogens is 517 g/mol. The minimum Gasteiger partial charge on any atom is -0.496 e. The highest BCUT2D eigenvalue weighted by Gasteiger charge is 2.59. The number of halogens is 2. The fraction of sp³-hybridized carbons (Fsp3) is 0.481. The van der Waals surface area contributed by atoms with Crippen molar-refractivity contribution in [1.29, 1.82) is 0 Å². The van der Waals surface area contributed by atoms with Crippen LogP contribution >= 0.6 is 23.2 Å². The molecule has 0 aliphatic carbocycles. The van der Waals surface area contributed by atoms with Gasteiger partial charge in [0.25, 0.3) is 0 Å². The number of anilines is 1. The van der Waals surface area contributed by atoms with E-state index >= 15 is 0 Å². The smallest absolute Gasteiger partial charge is 0.314 e. The lowest BCUT2D eigenvalue weighted by atomic mass is 9.66. The Kier molecular flexibility index (Phi) is 8.21. The van der Waals surface area contributed by atoms with Gasteiger partial charge < -0.3 is 18.8 Å². The molecule has 0 bridgehead atoms. The maximum atomic E-state index is 14.3. The molecule has 2 atom stereocenters. The van der Waals surface area contributed by atoms with Crippen molar-refractivity contribution in [2.24, 2.45) is 0 Å². The lowest BCUT2D eigenvalue weighted by molar-refractivity contribution is -0.147. The second kappa shape index (κ2) is 10.4. The topological polar surface area (TPSA) is 65.1 Å². The summed E-state index contributed by atoms with van der Waals surface area (Å²) in [7, 11) is 2.36. The Morgan fingerprint density at radius 1 is 1.14 bits per heavy atom. The van der Waals surface area contributed by atoms with Crippen LogP contribution in [-0.2, 0) is 24.2 Å². The van der Waals surface area contributed by atoms with Gasteiger partial charge in [0, 0.05) is 24.2 Å². The van der Waals surface area contributed by atoms with Gasteiger partial charge in [-0.05, 0) is 48.3 Å². The average Bonchev–Trinajstić information content (AvgIpc) is 3.01. The summed E-state index contributed by atoms with van der Waals surface area (Å²) in [6, 6.07) is 10.5. The van der Waals surface area contributed by atoms with Gasteiger partial charge in [0.05, 0.1) is 30.3 Å². The molecule has 1 aliphatic heterocycles. The summed E-state index contributed by atoms with van der Waals surface area (Å²) in [5.74, 6) is -1.37. The highest BCUT2D eigenvalue weighted by atomic mass is 35.5. The molecule has 0 saturated carbocycles. The zero-order valence-electron chi connectivity index (χ0n) is 22.2. The number of fused-ring (bicyclic) bond motifs is 1. The van der Waals surface area contributed by atoms with Crippen molar-refractivity contribution < 1.29 is 23.5 Å². The van der Waals surface area contributed by atoms with Gasteiger partial charge in [0.15, 0.2) is 8.32 Å². The van der Waals surface area contributed by atoms with E-state index in [0.717, 1.165) is 0 Å². The monoisotopic (exact) mass is 551 g/mol. The van der Waals surface area contributed by atoms with Crippen LogP contribution in [0.15, 0.2) is 36.4 Å². The van der Waals surface area contributed by atoms with Crippen LogP contribution in [0.3, 0.4) is 0 Å². The van der Waals surface area contributed by atoms with Gasteiger partial charge in [-0.3, -0.25) is 9.59 Å². The predicted octanol–water partition coefficient (Wildman–Crippen LogP) is 6.58. The number of carbonyl (C=O) groups excluding carboxylic acids is 2. The number of carbonyl (C=O) groups is 2. The highest BCUT2D eigenvalue weighted by molar-refractivity contribution is 6.74. The Labute approximate surface area is 224 Å². The first-order valence-corrected chi connectivity index (χ1v) is 15.5. The largest absolute Gasteiger partial charge is 0.496 e. The molecule has 0 fully saturated rings. The third-order valence-electron chi connectivity index (χ3n) is 7.68. The van der Waals surface area contributed by atoms with Crippen LogP contribution in [0.2, 0.25) is 28.2 Å². The number of esters is 1. The maximum Gasteiger partial charge on any atom is 0.314 e. The van der Waals surface area contributed by atoms with Crippen LogP contribution in [0.1, 0.15) is 44.2 Å². The molecule has 0 N–H and O–H groups in total. The van der Waals surface area contributed by atoms with E-state index in [2.05, 4.69) is 33.9 Å². The molecule has 1 amide bonds. The summed E-state index contributed by atoms with van der Waals surface area (Å²) in [6.07, 6.45) is 0.226. The van der Waals surface area contributed by atoms with Crippen molar-refractivity contribution in [2.75, 3.05) is 32.8 Å². The number of methoxy groups -OCH3 is 2. The normalized spacial score (nSPS) is 18.7. The van der Waals surface area contributed by atoms with Gasteiger partial charge in [-0.25, -0.2) is 0 Å². The van der Waals surface area contributed by atoms with Gasteiger partial charge in [-0.2, -0.15) is 0 Å². The molecule has 2 aromatic rings. The summed E-state index contributed by atoms with van der Waals surface area (Å²) in [4.78, 5) is 29.3. The number of benzene rings is 2. The van der Waals surface area contributed by atoms with Gasteiger partial charge in [-0.1, -0.05) is 62.2 Å². The lowest BCUT2D eigenvalue weighted by Crippen LogP contribution is -2.49. The highest BCUT2D eigenvalue weighted by Crippen LogP contribution is 2.56. The number of likely N-dealkylation sites (N-methyl/N-ethyl adjacent to an activating group) is 1. The molecular formula is C27H35Cl2NO5Si. The van der Waals surface area contributed by atoms with E-state index in [4.69, 9.17) is 37.1 Å². The number of amides is 1. The second-order valence-electron chi connectivity index (χ2n) is 10.7. The fourth-order valence-electron chi connectivity index (χ4n) is 4.73. The summed E-state index contributed by atoms with van der Waals surface area (Å²) < 4.78 is 17.4. The number of nitrogens with zero attached hydrogens (tertiary/aromatic N) is 1. The van der Waals surface area contributed by atoms with E-state index in [9.17, 15) is 9.59 Å². The molecule has 6 nitrogen and oxygen atoms in total. The van der Waals surface area contributed by atoms with E-state index in [0.29, 0.717) is 32.6 Å². The first-order valence-electron chi connectivity index (χ1n) is 11.8. The number of hydrogen-bond donors (Lipinski definition) is 0. The molecule has 36 heavy (non-hydrogen) atoms. The van der Waals surface area contributed by atoms with Crippen molar-refractivity contribution in [3.63, 3.8) is 0 Å². The molecule has 3 rings (SSSR count). The van der Waals surface area contributed by atoms with Crippen molar-refractivity contribution >= 4 is 49.1 Å². The van der Waals surface area contributed by atoms with Gasteiger partial charge >= 0.3 is 5.97 Å². The zero-order chi connectivity index (χ0) is 27.1. The van der Waals surface area contributed by atoms with Crippen molar-refractivity contribution in [3.05, 3.63) is 57.6 Å². The van der Waals surface area contributed by atoms with Crippen LogP contribution in [0.25, 0.3) is 0 Å². The summed E-state index contributed by atoms with van der Waals surface area (Å²) in [6.45, 7) is 11.0. The first-order chi connectivity index (χ1) is 16.7. The fourth-order valence-corrected chi connectivity index (χ4v) is 6.39. The maximum absolute atomic E-state index is 14.3. The predicted molar refractivity (Wildman–Crippen MR) is 147 cm³/mol. The summed E-state index contributed by atoms with van der Waals surface area (Å²) in [5.41, 5.74) is 0.280. The Hall–Kier alpha value is -2.06. The van der Waals surface area contributed by atoms with Crippen molar-refractivity contribution in [2.45, 2.75) is 56.7 Å². The van der Waals surface area contributed by atoms with Crippen LogP contribution in [0.5, 0.6) is 5.75 Å². The Morgan fingerprint density at radius 2 is 1.78 bits per heavy atom. The summed E-state index contributed by atoms with van der Waals surface area (Å²) >= 11 is 13.1. The lowest BCUT2D eigenvalue weighted by Gasteiger charge is -2.39. The van der Waals surface area contributed by atoms with E-state index in [-0.39, 0.29) is 24.0 Å². The molecule has 1 aliphatic rings. The van der Waals surface area contributed by atoms with Crippen LogP contribution in [-0.4, -0.2) is 48.1 Å². The van der Waals surface area contributed by atoms with Crippen LogP contribution in [0.4, 0.5) is 5.69 Å². The molecule has 0 saturated heterocycles. The van der Waals surface area contributed by atoms with E-state index in [1.54, 1.807) is 31.3 Å². The molecule has 0 spiro atoms. The second-order valence-corrected chi connectivity index (χ2v) is 16.3. The molecule has 2 aromatic carbocycles. The van der Waals surface area contributed by atoms with Crippen molar-refractivity contribution in [3.8, 4) is 5.75 Å². The standard InChI is InChI=1S/C27H35Cl2NO5Si/c1-26(2,3)36(7,8)35-14-13-27(19-15-17(28)16-20(29)23(19)30(4)25(27)32)22(24(31)34-6)18-11-9-10-12-21(18)33-5/h9-12,15-16,22H,13-14H2,1-8H3/t22-,27-/m1/s1. The van der Waals surface area contributed by atoms with Crippen LogP contribution < -0.4 is 9.64 Å². The molecule has 0 aromatic heterocycles. The third kappa shape index (κ3) is 4.78. The Balaban J connectivity index is 2.29. The van der Waals surface area contributed by atoms with E-state index in [1.165, 1.54) is 19.1 Å². The molecule has 9 heteroatoms. The number of para-hydroxylation sites is 1. The first kappa shape index (κ1) is 28.5. The van der Waals surface area contributed by atoms with Gasteiger partial charge in [0.1, 0.15) is 11.7 Å². The quantitative estimate of drug-likeness (QED) is 0.273. The molecule has 0 unspecified atom stereocenters. The van der Waals surface area contributed by atoms with Crippen LogP contribution in [0, 0.1) is 0 Å². The minimum absolute atomic E-state index is 0.0223. The minimum atomic E-state index is -2.15. The Morgan fingerprint density at radius 3 is 2.36 bits per heavy atom. The third-order valence-corrected chi connectivity index (χ3v) is 12.7. The number of hydrogen-bond acceptors (Lipinski definition) is 5. The van der Waals surface area contributed by atoms with Gasteiger partial charge in [-0.15, -0.1) is 0 Å². The molecule has 0 radical (unpaired) electrons. The van der Waals surface area contributed by atoms with Gasteiger partial charge in [0.2, 0.25) is 5.91 Å². The Bertz CT molecular complexity index is 1160. The van der Waals surface area contributed by atoms with E-state index < -0.39 is 25.6 Å². The zero-order valence-corrected chi connectivity index (χ0v) is 24.7. The summed E-state index contributed by atoms with van der Waals surface area (Å²) in [5, 5.41) is 0.690.